The van der Waals surface area contributed by atoms with Crippen LogP contribution in [-0.4, -0.2) is 40.0 Å². The van der Waals surface area contributed by atoms with E-state index in [0.717, 1.165) is 37.9 Å². The molecule has 1 aromatic carbocycles. The molecule has 0 fully saturated rings. The number of ether oxygens (including phenoxy) is 1. The molecule has 27 heavy (non-hydrogen) atoms. The number of nitrogens with zero attached hydrogens (tertiary/aromatic N) is 3. The Morgan fingerprint density at radius 3 is 2.63 bits per heavy atom. The predicted molar refractivity (Wildman–Crippen MR) is 111 cm³/mol. The highest BCUT2D eigenvalue weighted by Gasteiger charge is 2.17. The molecule has 0 aliphatic rings. The summed E-state index contributed by atoms with van der Waals surface area (Å²) in [5.41, 5.74) is 3.73. The van der Waals surface area contributed by atoms with Gasteiger partial charge in [0.2, 0.25) is 5.13 Å². The number of thioether (sulfide) groups is 1. The lowest BCUT2D eigenvalue weighted by molar-refractivity contribution is 0.102. The molecule has 2 heterocycles. The number of carbonyl (C=O) groups is 1. The van der Waals surface area contributed by atoms with Gasteiger partial charge in [0.15, 0.2) is 10.1 Å². The van der Waals surface area contributed by atoms with Gasteiger partial charge in [0.25, 0.3) is 0 Å². The minimum Gasteiger partial charge on any atom is -0.494 e. The summed E-state index contributed by atoms with van der Waals surface area (Å²) in [7, 11) is 1.80. The van der Waals surface area contributed by atoms with Gasteiger partial charge in [-0.1, -0.05) is 23.1 Å². The topological polar surface area (TPSA) is 69.0 Å². The van der Waals surface area contributed by atoms with E-state index in [0.29, 0.717) is 12.4 Å². The van der Waals surface area contributed by atoms with Crippen LogP contribution in [0.2, 0.25) is 0 Å². The molecular weight excluding hydrogens is 380 g/mol. The first-order chi connectivity index (χ1) is 13.0. The second kappa shape index (κ2) is 8.58. The van der Waals surface area contributed by atoms with Crippen LogP contribution in [0, 0.1) is 13.8 Å². The number of benzene rings is 1. The summed E-state index contributed by atoms with van der Waals surface area (Å²) in [4.78, 5) is 12.7. The van der Waals surface area contributed by atoms with Crippen LogP contribution in [-0.2, 0) is 0 Å². The SMILES string of the molecule is CCOc1ccc(-n2c(C)cc(C(=O)CSc3nnc(NC)s3)c2C)cc1. The molecule has 1 N–H and O–H groups in total. The lowest BCUT2D eigenvalue weighted by Crippen LogP contribution is -2.05. The molecule has 0 saturated heterocycles. The van der Waals surface area contributed by atoms with Crippen LogP contribution in [0.5, 0.6) is 5.75 Å². The Labute approximate surface area is 167 Å². The molecular formula is C19H22N4O2S2. The summed E-state index contributed by atoms with van der Waals surface area (Å²) in [6, 6.07) is 9.87. The minimum absolute atomic E-state index is 0.0893. The standard InChI is InChI=1S/C19H22N4O2S2/c1-5-25-15-8-6-14(7-9-15)23-12(2)10-16(13(23)3)17(24)11-26-19-22-21-18(20-4)27-19/h6-10H,5,11H2,1-4H3,(H,20,21). The summed E-state index contributed by atoms with van der Waals surface area (Å²) in [6.07, 6.45) is 0. The molecule has 0 amide bonds. The Morgan fingerprint density at radius 1 is 1.26 bits per heavy atom. The fraction of sp³-hybridized carbons (Fsp3) is 0.316. The quantitative estimate of drug-likeness (QED) is 0.446. The first-order valence-corrected chi connectivity index (χ1v) is 10.4. The largest absolute Gasteiger partial charge is 0.494 e. The van der Waals surface area contributed by atoms with Crippen molar-refractivity contribution in [3.05, 3.63) is 47.3 Å². The Bertz CT molecular complexity index is 932. The van der Waals surface area contributed by atoms with E-state index in [-0.39, 0.29) is 5.78 Å². The number of rotatable bonds is 8. The highest BCUT2D eigenvalue weighted by atomic mass is 32.2. The third-order valence-electron chi connectivity index (χ3n) is 4.08. The number of aryl methyl sites for hydroxylation is 1. The maximum atomic E-state index is 12.7. The fourth-order valence-electron chi connectivity index (χ4n) is 2.87. The molecule has 0 aliphatic heterocycles. The van der Waals surface area contributed by atoms with Crippen molar-refractivity contribution in [1.82, 2.24) is 14.8 Å². The highest BCUT2D eigenvalue weighted by molar-refractivity contribution is 8.01. The molecule has 0 bridgehead atoms. The Morgan fingerprint density at radius 2 is 2.00 bits per heavy atom. The summed E-state index contributed by atoms with van der Waals surface area (Å²) < 4.78 is 8.38. The van der Waals surface area contributed by atoms with Crippen molar-refractivity contribution < 1.29 is 9.53 Å². The normalized spacial score (nSPS) is 10.8. The second-order valence-corrected chi connectivity index (χ2v) is 8.08. The number of hydrogen-bond acceptors (Lipinski definition) is 7. The van der Waals surface area contributed by atoms with Gasteiger partial charge in [-0.05, 0) is 51.1 Å². The van der Waals surface area contributed by atoms with Crippen LogP contribution >= 0.6 is 23.1 Å². The lowest BCUT2D eigenvalue weighted by atomic mass is 10.2. The van der Waals surface area contributed by atoms with Gasteiger partial charge in [-0.3, -0.25) is 4.79 Å². The van der Waals surface area contributed by atoms with Crippen molar-refractivity contribution in [2.24, 2.45) is 0 Å². The van der Waals surface area contributed by atoms with Gasteiger partial charge >= 0.3 is 0 Å². The maximum Gasteiger partial charge on any atom is 0.206 e. The average Bonchev–Trinajstić information content (AvgIpc) is 3.25. The second-order valence-electron chi connectivity index (χ2n) is 5.88. The molecule has 0 unspecified atom stereocenters. The van der Waals surface area contributed by atoms with Gasteiger partial charge in [-0.2, -0.15) is 0 Å². The summed E-state index contributed by atoms with van der Waals surface area (Å²) in [6.45, 7) is 6.59. The van der Waals surface area contributed by atoms with Crippen LogP contribution in [0.1, 0.15) is 28.7 Å². The lowest BCUT2D eigenvalue weighted by Gasteiger charge is -2.11. The molecule has 0 radical (unpaired) electrons. The molecule has 8 heteroatoms. The number of aromatic nitrogens is 3. The van der Waals surface area contributed by atoms with Gasteiger partial charge in [-0.25, -0.2) is 0 Å². The maximum absolute atomic E-state index is 12.7. The smallest absolute Gasteiger partial charge is 0.206 e. The molecule has 2 aromatic heterocycles. The van der Waals surface area contributed by atoms with Crippen LogP contribution in [0.4, 0.5) is 5.13 Å². The highest BCUT2D eigenvalue weighted by Crippen LogP contribution is 2.28. The third-order valence-corrected chi connectivity index (χ3v) is 6.16. The van der Waals surface area contributed by atoms with Crippen molar-refractivity contribution in [3.63, 3.8) is 0 Å². The fourth-order valence-corrected chi connectivity index (χ4v) is 4.46. The van der Waals surface area contributed by atoms with Crippen LogP contribution in [0.15, 0.2) is 34.7 Å². The van der Waals surface area contributed by atoms with E-state index in [2.05, 4.69) is 20.1 Å². The molecule has 0 spiro atoms. The summed E-state index contributed by atoms with van der Waals surface area (Å²) in [5, 5.41) is 11.8. The van der Waals surface area contributed by atoms with Gasteiger partial charge in [0.1, 0.15) is 5.75 Å². The number of anilines is 1. The molecule has 0 atom stereocenters. The molecule has 0 saturated carbocycles. The molecule has 3 aromatic rings. The Hall–Kier alpha value is -2.32. The zero-order valence-corrected chi connectivity index (χ0v) is 17.4. The van der Waals surface area contributed by atoms with Crippen molar-refractivity contribution >= 4 is 34.0 Å². The number of Topliss-reactive ketones (excluding diaryl/α,β-unsaturated/α-hetero) is 1. The van der Waals surface area contributed by atoms with Gasteiger partial charge in [-0.15, -0.1) is 10.2 Å². The zero-order chi connectivity index (χ0) is 19.4. The van der Waals surface area contributed by atoms with Crippen molar-refractivity contribution in [3.8, 4) is 11.4 Å². The number of carbonyl (C=O) groups excluding carboxylic acids is 1. The molecule has 0 aliphatic carbocycles. The Kier molecular flexibility index (Phi) is 6.18. The minimum atomic E-state index is 0.0893. The first kappa shape index (κ1) is 19.4. The first-order valence-electron chi connectivity index (χ1n) is 8.63. The molecule has 142 valence electrons. The third kappa shape index (κ3) is 4.33. The van der Waals surface area contributed by atoms with Crippen molar-refractivity contribution in [1.29, 1.82) is 0 Å². The number of ketones is 1. The van der Waals surface area contributed by atoms with Gasteiger partial charge < -0.3 is 14.6 Å². The zero-order valence-electron chi connectivity index (χ0n) is 15.8. The van der Waals surface area contributed by atoms with E-state index < -0.39 is 0 Å². The average molecular weight is 403 g/mol. The molecule has 6 nitrogen and oxygen atoms in total. The predicted octanol–water partition coefficient (Wildman–Crippen LogP) is 4.36. The van der Waals surface area contributed by atoms with Gasteiger partial charge in [0, 0.05) is 29.7 Å². The van der Waals surface area contributed by atoms with E-state index in [9.17, 15) is 4.79 Å². The van der Waals surface area contributed by atoms with E-state index in [4.69, 9.17) is 4.74 Å². The van der Waals surface area contributed by atoms with Crippen molar-refractivity contribution in [2.75, 3.05) is 24.7 Å². The summed E-state index contributed by atoms with van der Waals surface area (Å²) in [5.74, 6) is 1.27. The van der Waals surface area contributed by atoms with E-state index >= 15 is 0 Å². The summed E-state index contributed by atoms with van der Waals surface area (Å²) >= 11 is 2.86. The van der Waals surface area contributed by atoms with Crippen molar-refractivity contribution in [2.45, 2.75) is 25.1 Å². The van der Waals surface area contributed by atoms with Crippen LogP contribution in [0.3, 0.4) is 0 Å². The van der Waals surface area contributed by atoms with Crippen LogP contribution in [0.25, 0.3) is 5.69 Å². The molecule has 3 rings (SSSR count). The van der Waals surface area contributed by atoms with Gasteiger partial charge in [0.05, 0.1) is 12.4 Å². The van der Waals surface area contributed by atoms with E-state index in [1.165, 1.54) is 23.1 Å². The van der Waals surface area contributed by atoms with E-state index in [1.54, 1.807) is 7.05 Å². The number of nitrogens with one attached hydrogen (secondary N) is 1. The Balaban J connectivity index is 1.76. The number of hydrogen-bond donors (Lipinski definition) is 1. The van der Waals surface area contributed by atoms with E-state index in [1.807, 2.05) is 51.1 Å². The monoisotopic (exact) mass is 402 g/mol. The van der Waals surface area contributed by atoms with Crippen LogP contribution < -0.4 is 10.1 Å².